The molecular weight excluding hydrogens is 250 g/mol. The van der Waals surface area contributed by atoms with E-state index in [1.165, 1.54) is 37.8 Å². The lowest BCUT2D eigenvalue weighted by molar-refractivity contribution is 0.144. The Kier molecular flexibility index (Phi) is 4.80. The first-order chi connectivity index (χ1) is 9.90. The summed E-state index contributed by atoms with van der Waals surface area (Å²) in [6.45, 7) is 1.78. The minimum Gasteiger partial charge on any atom is -0.490 e. The van der Waals surface area contributed by atoms with Gasteiger partial charge in [0.15, 0.2) is 0 Å². The molecule has 0 bridgehead atoms. The second kappa shape index (κ2) is 6.98. The number of anilines is 1. The average molecular weight is 275 g/mol. The van der Waals surface area contributed by atoms with Gasteiger partial charge >= 0.3 is 0 Å². The second-order valence-electron chi connectivity index (χ2n) is 5.93. The van der Waals surface area contributed by atoms with Crippen LogP contribution in [0.2, 0.25) is 0 Å². The first-order valence-corrected chi connectivity index (χ1v) is 8.01. The van der Waals surface area contributed by atoms with Crippen LogP contribution >= 0.6 is 0 Å². The van der Waals surface area contributed by atoms with E-state index in [0.29, 0.717) is 12.1 Å². The van der Waals surface area contributed by atoms with Crippen LogP contribution in [0.3, 0.4) is 0 Å². The van der Waals surface area contributed by atoms with Gasteiger partial charge in [-0.25, -0.2) is 0 Å². The van der Waals surface area contributed by atoms with Gasteiger partial charge in [-0.3, -0.25) is 0 Å². The van der Waals surface area contributed by atoms with Gasteiger partial charge in [0, 0.05) is 24.9 Å². The van der Waals surface area contributed by atoms with Gasteiger partial charge in [-0.2, -0.15) is 0 Å². The lowest BCUT2D eigenvalue weighted by Crippen LogP contribution is -2.19. The van der Waals surface area contributed by atoms with Crippen LogP contribution in [0.15, 0.2) is 24.3 Å². The summed E-state index contributed by atoms with van der Waals surface area (Å²) >= 11 is 0. The summed E-state index contributed by atoms with van der Waals surface area (Å²) in [5, 5.41) is 3.61. The molecule has 1 heterocycles. The lowest BCUT2D eigenvalue weighted by Gasteiger charge is -2.18. The topological polar surface area (TPSA) is 30.5 Å². The highest BCUT2D eigenvalue weighted by Gasteiger charge is 2.16. The van der Waals surface area contributed by atoms with Crippen LogP contribution in [0.25, 0.3) is 0 Å². The minimum absolute atomic E-state index is 0.438. The van der Waals surface area contributed by atoms with Gasteiger partial charge in [0.05, 0.1) is 6.10 Å². The molecule has 2 aliphatic rings. The number of rotatable bonds is 4. The minimum atomic E-state index is 0.438. The maximum absolute atomic E-state index is 5.99. The molecule has 1 aromatic rings. The van der Waals surface area contributed by atoms with E-state index in [1.807, 2.05) is 0 Å². The van der Waals surface area contributed by atoms with Gasteiger partial charge in [-0.15, -0.1) is 0 Å². The van der Waals surface area contributed by atoms with Crippen LogP contribution in [0, 0.1) is 0 Å². The highest BCUT2D eigenvalue weighted by Crippen LogP contribution is 2.25. The highest BCUT2D eigenvalue weighted by molar-refractivity contribution is 5.47. The van der Waals surface area contributed by atoms with E-state index < -0.39 is 0 Å². The zero-order valence-electron chi connectivity index (χ0n) is 12.1. The molecule has 2 fully saturated rings. The molecule has 20 heavy (non-hydrogen) atoms. The van der Waals surface area contributed by atoms with E-state index in [-0.39, 0.29) is 0 Å². The summed E-state index contributed by atoms with van der Waals surface area (Å²) in [7, 11) is 0. The van der Waals surface area contributed by atoms with Crippen LogP contribution in [0.4, 0.5) is 5.69 Å². The number of benzene rings is 1. The van der Waals surface area contributed by atoms with Gasteiger partial charge in [0.2, 0.25) is 0 Å². The van der Waals surface area contributed by atoms with Gasteiger partial charge in [-0.05, 0) is 69.2 Å². The van der Waals surface area contributed by atoms with Crippen molar-refractivity contribution in [1.82, 2.24) is 0 Å². The molecule has 1 atom stereocenters. The molecular formula is C17H25NO2. The van der Waals surface area contributed by atoms with Crippen LogP contribution in [-0.2, 0) is 4.74 Å². The number of hydrogen-bond donors (Lipinski definition) is 1. The monoisotopic (exact) mass is 275 g/mol. The van der Waals surface area contributed by atoms with Crippen molar-refractivity contribution in [3.05, 3.63) is 24.3 Å². The van der Waals surface area contributed by atoms with E-state index in [0.717, 1.165) is 31.8 Å². The Morgan fingerprint density at radius 1 is 0.900 bits per heavy atom. The van der Waals surface area contributed by atoms with Crippen LogP contribution in [0.1, 0.15) is 44.9 Å². The van der Waals surface area contributed by atoms with Crippen molar-refractivity contribution in [2.24, 2.45) is 0 Å². The summed E-state index contributed by atoms with van der Waals surface area (Å²) < 4.78 is 11.5. The number of ether oxygens (including phenoxy) is 2. The third-order valence-corrected chi connectivity index (χ3v) is 4.28. The van der Waals surface area contributed by atoms with Gasteiger partial charge < -0.3 is 14.8 Å². The first-order valence-electron chi connectivity index (χ1n) is 8.01. The van der Waals surface area contributed by atoms with Crippen LogP contribution in [-0.4, -0.2) is 25.4 Å². The standard InChI is InChI=1S/C17H25NO2/c1-2-6-16(5-1)20-17-9-7-15(8-10-17)18-14-4-3-12-19-13-11-14/h7-10,14,16,18H,1-6,11-13H2. The third kappa shape index (κ3) is 3.89. The molecule has 110 valence electrons. The van der Waals surface area contributed by atoms with Gasteiger partial charge in [0.1, 0.15) is 5.75 Å². The van der Waals surface area contributed by atoms with Crippen molar-refractivity contribution in [3.63, 3.8) is 0 Å². The Balaban J connectivity index is 1.52. The van der Waals surface area contributed by atoms with Crippen molar-refractivity contribution in [3.8, 4) is 5.75 Å². The molecule has 3 heteroatoms. The van der Waals surface area contributed by atoms with Crippen LogP contribution in [0.5, 0.6) is 5.75 Å². The van der Waals surface area contributed by atoms with E-state index in [1.54, 1.807) is 0 Å². The maximum Gasteiger partial charge on any atom is 0.119 e. The summed E-state index contributed by atoms with van der Waals surface area (Å²) in [6.07, 6.45) is 8.93. The molecule has 0 radical (unpaired) electrons. The quantitative estimate of drug-likeness (QED) is 0.901. The molecule has 1 saturated heterocycles. The highest BCUT2D eigenvalue weighted by atomic mass is 16.5. The molecule has 1 N–H and O–H groups in total. The van der Waals surface area contributed by atoms with Crippen molar-refractivity contribution in [2.45, 2.75) is 57.1 Å². The molecule has 0 spiro atoms. The van der Waals surface area contributed by atoms with E-state index >= 15 is 0 Å². The Morgan fingerprint density at radius 3 is 2.50 bits per heavy atom. The second-order valence-corrected chi connectivity index (χ2v) is 5.93. The predicted octanol–water partition coefficient (Wildman–Crippen LogP) is 3.99. The first kappa shape index (κ1) is 13.7. The third-order valence-electron chi connectivity index (χ3n) is 4.28. The van der Waals surface area contributed by atoms with E-state index in [2.05, 4.69) is 29.6 Å². The van der Waals surface area contributed by atoms with Crippen molar-refractivity contribution < 1.29 is 9.47 Å². The van der Waals surface area contributed by atoms with E-state index in [4.69, 9.17) is 9.47 Å². The number of hydrogen-bond acceptors (Lipinski definition) is 3. The molecule has 1 aromatic carbocycles. The molecule has 1 aliphatic heterocycles. The SMILES string of the molecule is c1cc(OC2CCCC2)ccc1NC1CCCOCC1. The van der Waals surface area contributed by atoms with Crippen LogP contribution < -0.4 is 10.1 Å². The summed E-state index contributed by atoms with van der Waals surface area (Å²) in [5.74, 6) is 1.01. The number of nitrogens with one attached hydrogen (secondary N) is 1. The fraction of sp³-hybridized carbons (Fsp3) is 0.647. The molecule has 3 nitrogen and oxygen atoms in total. The lowest BCUT2D eigenvalue weighted by atomic mass is 10.1. The van der Waals surface area contributed by atoms with Crippen molar-refractivity contribution in [2.75, 3.05) is 18.5 Å². The molecule has 1 unspecified atom stereocenters. The Morgan fingerprint density at radius 2 is 1.70 bits per heavy atom. The van der Waals surface area contributed by atoms with Gasteiger partial charge in [0.25, 0.3) is 0 Å². The Labute approximate surface area is 121 Å². The summed E-state index contributed by atoms with van der Waals surface area (Å²) in [6, 6.07) is 8.99. The predicted molar refractivity (Wildman–Crippen MR) is 81.4 cm³/mol. The molecule has 0 amide bonds. The van der Waals surface area contributed by atoms with Crippen molar-refractivity contribution >= 4 is 5.69 Å². The molecule has 1 aliphatic carbocycles. The largest absolute Gasteiger partial charge is 0.490 e. The molecule has 0 aromatic heterocycles. The summed E-state index contributed by atoms with van der Waals surface area (Å²) in [4.78, 5) is 0. The average Bonchev–Trinajstić information content (AvgIpc) is 2.84. The molecule has 3 rings (SSSR count). The van der Waals surface area contributed by atoms with E-state index in [9.17, 15) is 0 Å². The van der Waals surface area contributed by atoms with Crippen molar-refractivity contribution in [1.29, 1.82) is 0 Å². The normalized spacial score (nSPS) is 24.3. The zero-order valence-corrected chi connectivity index (χ0v) is 12.1. The Hall–Kier alpha value is -1.22. The molecule has 1 saturated carbocycles. The maximum atomic E-state index is 5.99. The fourth-order valence-electron chi connectivity index (χ4n) is 3.11. The summed E-state index contributed by atoms with van der Waals surface area (Å²) in [5.41, 5.74) is 1.19. The van der Waals surface area contributed by atoms with Gasteiger partial charge in [-0.1, -0.05) is 0 Å². The smallest absolute Gasteiger partial charge is 0.119 e. The Bertz CT molecular complexity index is 390. The fourth-order valence-corrected chi connectivity index (χ4v) is 3.11. The zero-order chi connectivity index (χ0) is 13.6.